The fraction of sp³-hybridized carbons (Fsp3) is 0.364. The number of hydrazine groups is 1. The van der Waals surface area contributed by atoms with E-state index in [-0.39, 0.29) is 8.72 Å². The van der Waals surface area contributed by atoms with Crippen LogP contribution >= 0.6 is 11.8 Å². The third-order valence-corrected chi connectivity index (χ3v) is 4.93. The first-order valence-electron chi connectivity index (χ1n) is 5.83. The Hall–Kier alpha value is -1.31. The van der Waals surface area contributed by atoms with Gasteiger partial charge in [-0.05, 0) is 25.0 Å². The molecule has 104 valence electrons. The van der Waals surface area contributed by atoms with Gasteiger partial charge in [-0.3, -0.25) is 5.43 Å². The van der Waals surface area contributed by atoms with Gasteiger partial charge >= 0.3 is 6.03 Å². The topological polar surface area (TPSA) is 69.7 Å². The van der Waals surface area contributed by atoms with Gasteiger partial charge in [0.15, 0.2) is 0 Å². The molecule has 6 nitrogen and oxygen atoms in total. The molecule has 1 aromatic rings. The Morgan fingerprint density at radius 2 is 1.79 bits per heavy atom. The van der Waals surface area contributed by atoms with Crippen molar-refractivity contribution in [3.05, 3.63) is 30.3 Å². The molecule has 1 aromatic carbocycles. The number of halogens is 1. The Balaban J connectivity index is 2.09. The minimum Gasteiger partial charge on any atom is -0.269 e. The van der Waals surface area contributed by atoms with Crippen molar-refractivity contribution in [2.75, 3.05) is 13.1 Å². The number of rotatable bonds is 3. The second-order valence-corrected chi connectivity index (χ2v) is 6.47. The summed E-state index contributed by atoms with van der Waals surface area (Å²) in [6.45, 7) is 1.39. The van der Waals surface area contributed by atoms with Crippen LogP contribution in [0.5, 0.6) is 0 Å². The summed E-state index contributed by atoms with van der Waals surface area (Å²) >= 11 is 5.64. The predicted molar refractivity (Wildman–Crippen MR) is 70.7 cm³/mol. The molecule has 1 fully saturated rings. The van der Waals surface area contributed by atoms with Crippen molar-refractivity contribution in [2.24, 2.45) is 0 Å². The highest BCUT2D eigenvalue weighted by molar-refractivity contribution is 7.90. The van der Waals surface area contributed by atoms with Gasteiger partial charge < -0.3 is 0 Å². The normalized spacial score (nSPS) is 16.3. The molecule has 0 atom stereocenters. The van der Waals surface area contributed by atoms with E-state index in [4.69, 9.17) is 11.8 Å². The van der Waals surface area contributed by atoms with Crippen LogP contribution in [0.15, 0.2) is 35.2 Å². The highest BCUT2D eigenvalue weighted by Gasteiger charge is 2.29. The molecule has 1 heterocycles. The Labute approximate surface area is 117 Å². The van der Waals surface area contributed by atoms with Crippen LogP contribution in [0.1, 0.15) is 12.8 Å². The second-order valence-electron chi connectivity index (χ2n) is 4.14. The van der Waals surface area contributed by atoms with Crippen LogP contribution in [-0.2, 0) is 10.0 Å². The first kappa shape index (κ1) is 14.1. The van der Waals surface area contributed by atoms with Crippen LogP contribution in [-0.4, -0.2) is 36.4 Å². The summed E-state index contributed by atoms with van der Waals surface area (Å²) in [6.07, 6.45) is 1.93. The lowest BCUT2D eigenvalue weighted by Gasteiger charge is -2.20. The average molecular weight is 304 g/mol. The fourth-order valence-electron chi connectivity index (χ4n) is 1.80. The number of hydrogen-bond acceptors (Lipinski definition) is 4. The number of urea groups is 1. The Morgan fingerprint density at radius 1 is 1.21 bits per heavy atom. The zero-order valence-electron chi connectivity index (χ0n) is 10.1. The standard InChI is InChI=1S/C11H14ClN3O3S/c12-15(11(16)13-14-8-4-5-9-14)19(17,18)10-6-2-1-3-7-10/h1-3,6-7H,4-5,8-9H2,(H,13,16). The molecule has 0 spiro atoms. The van der Waals surface area contributed by atoms with E-state index >= 15 is 0 Å². The van der Waals surface area contributed by atoms with Crippen molar-refractivity contribution in [1.82, 2.24) is 14.3 Å². The van der Waals surface area contributed by atoms with Gasteiger partial charge in [0, 0.05) is 24.9 Å². The molecule has 1 aliphatic heterocycles. The summed E-state index contributed by atoms with van der Waals surface area (Å²) < 4.78 is 24.3. The summed E-state index contributed by atoms with van der Waals surface area (Å²) in [6, 6.07) is 6.71. The third kappa shape index (κ3) is 3.17. The molecule has 2 amide bonds. The molecule has 1 N–H and O–H groups in total. The number of carbonyl (C=O) groups excluding carboxylic acids is 1. The summed E-state index contributed by atoms with van der Waals surface area (Å²) in [5.74, 6) is 0. The van der Waals surface area contributed by atoms with Crippen molar-refractivity contribution in [3.63, 3.8) is 0 Å². The highest BCUT2D eigenvalue weighted by Crippen LogP contribution is 2.17. The molecule has 0 bridgehead atoms. The third-order valence-electron chi connectivity index (χ3n) is 2.77. The van der Waals surface area contributed by atoms with E-state index in [1.54, 1.807) is 23.2 Å². The van der Waals surface area contributed by atoms with Gasteiger partial charge in [0.25, 0.3) is 10.0 Å². The van der Waals surface area contributed by atoms with Crippen molar-refractivity contribution in [1.29, 1.82) is 0 Å². The predicted octanol–water partition coefficient (Wildman–Crippen LogP) is 1.55. The molecule has 1 aliphatic rings. The van der Waals surface area contributed by atoms with Gasteiger partial charge in [-0.1, -0.05) is 18.2 Å². The van der Waals surface area contributed by atoms with Gasteiger partial charge in [-0.2, -0.15) is 8.42 Å². The van der Waals surface area contributed by atoms with Gasteiger partial charge in [0.05, 0.1) is 4.90 Å². The number of carbonyl (C=O) groups is 1. The molecular weight excluding hydrogens is 290 g/mol. The van der Waals surface area contributed by atoms with Crippen molar-refractivity contribution in [3.8, 4) is 0 Å². The molecule has 0 aliphatic carbocycles. The molecule has 0 unspecified atom stereocenters. The van der Waals surface area contributed by atoms with E-state index < -0.39 is 16.1 Å². The van der Waals surface area contributed by atoms with Gasteiger partial charge in [0.1, 0.15) is 0 Å². The largest absolute Gasteiger partial charge is 0.361 e. The molecule has 0 aromatic heterocycles. The summed E-state index contributed by atoms with van der Waals surface area (Å²) in [7, 11) is -4.02. The van der Waals surface area contributed by atoms with Crippen LogP contribution in [0, 0.1) is 0 Å². The van der Waals surface area contributed by atoms with Crippen LogP contribution in [0.25, 0.3) is 0 Å². The highest BCUT2D eigenvalue weighted by atomic mass is 35.5. The van der Waals surface area contributed by atoms with Gasteiger partial charge in [-0.15, -0.1) is 3.82 Å². The van der Waals surface area contributed by atoms with Crippen molar-refractivity contribution >= 4 is 27.8 Å². The maximum absolute atomic E-state index is 12.1. The first-order chi connectivity index (χ1) is 9.01. The minimum absolute atomic E-state index is 0.0263. The fourth-order valence-corrected chi connectivity index (χ4v) is 3.02. The van der Waals surface area contributed by atoms with Crippen LogP contribution in [0.4, 0.5) is 4.79 Å². The van der Waals surface area contributed by atoms with E-state index in [0.717, 1.165) is 12.8 Å². The zero-order valence-corrected chi connectivity index (χ0v) is 11.7. The van der Waals surface area contributed by atoms with Crippen LogP contribution < -0.4 is 5.43 Å². The smallest absolute Gasteiger partial charge is 0.269 e. The van der Waals surface area contributed by atoms with E-state index in [0.29, 0.717) is 13.1 Å². The van der Waals surface area contributed by atoms with Crippen LogP contribution in [0.2, 0.25) is 0 Å². The summed E-state index contributed by atoms with van der Waals surface area (Å²) in [5, 5.41) is 1.65. The number of benzene rings is 1. The van der Waals surface area contributed by atoms with Gasteiger partial charge in [0.2, 0.25) is 0 Å². The maximum atomic E-state index is 12.1. The van der Waals surface area contributed by atoms with Crippen molar-refractivity contribution < 1.29 is 13.2 Å². The van der Waals surface area contributed by atoms with Crippen LogP contribution in [0.3, 0.4) is 0 Å². The molecule has 0 radical (unpaired) electrons. The lowest BCUT2D eigenvalue weighted by atomic mass is 10.4. The molecule has 0 saturated carbocycles. The monoisotopic (exact) mass is 303 g/mol. The quantitative estimate of drug-likeness (QED) is 0.860. The number of amides is 2. The molecule has 1 saturated heterocycles. The second kappa shape index (κ2) is 5.77. The number of hydrogen-bond donors (Lipinski definition) is 1. The van der Waals surface area contributed by atoms with Crippen molar-refractivity contribution in [2.45, 2.75) is 17.7 Å². The molecule has 8 heteroatoms. The Morgan fingerprint density at radius 3 is 2.37 bits per heavy atom. The Kier molecular flexibility index (Phi) is 4.28. The molecular formula is C11H14ClN3O3S. The SMILES string of the molecule is O=C(NN1CCCC1)N(Cl)S(=O)(=O)c1ccccc1. The number of sulfonamides is 1. The number of nitrogens with zero attached hydrogens (tertiary/aromatic N) is 2. The molecule has 19 heavy (non-hydrogen) atoms. The lowest BCUT2D eigenvalue weighted by molar-refractivity contribution is 0.193. The van der Waals surface area contributed by atoms with Gasteiger partial charge in [-0.25, -0.2) is 9.80 Å². The zero-order chi connectivity index (χ0) is 13.9. The molecule has 2 rings (SSSR count). The minimum atomic E-state index is -4.02. The number of nitrogens with one attached hydrogen (secondary N) is 1. The van der Waals surface area contributed by atoms with E-state index in [2.05, 4.69) is 5.43 Å². The average Bonchev–Trinajstić information content (AvgIpc) is 2.91. The first-order valence-corrected chi connectivity index (χ1v) is 7.61. The summed E-state index contributed by atoms with van der Waals surface area (Å²) in [5.41, 5.74) is 2.46. The van der Waals surface area contributed by atoms with E-state index in [9.17, 15) is 13.2 Å². The maximum Gasteiger partial charge on any atom is 0.361 e. The summed E-state index contributed by atoms with van der Waals surface area (Å²) in [4.78, 5) is 11.8. The lowest BCUT2D eigenvalue weighted by Crippen LogP contribution is -2.46. The van der Waals surface area contributed by atoms with E-state index in [1.807, 2.05) is 0 Å². The van der Waals surface area contributed by atoms with E-state index in [1.165, 1.54) is 12.1 Å². The Bertz CT molecular complexity index is 544.